The molecule has 164 valence electrons. The third-order valence-electron chi connectivity index (χ3n) is 4.83. The number of anilines is 1. The van der Waals surface area contributed by atoms with Gasteiger partial charge < -0.3 is 26.8 Å². The lowest BCUT2D eigenvalue weighted by Gasteiger charge is -2.25. The van der Waals surface area contributed by atoms with Crippen molar-refractivity contribution >= 4 is 22.6 Å². The third kappa shape index (κ3) is 5.25. The molecular formula is C22H27FN6O2. The molecule has 1 heterocycles. The Hall–Kier alpha value is -3.30. The van der Waals surface area contributed by atoms with Gasteiger partial charge in [0.1, 0.15) is 29.3 Å². The number of fused-ring (bicyclic) bond motifs is 1. The van der Waals surface area contributed by atoms with Gasteiger partial charge in [0, 0.05) is 18.5 Å². The molecule has 0 aliphatic heterocycles. The molecule has 1 amide bonds. The van der Waals surface area contributed by atoms with Gasteiger partial charge in [0.15, 0.2) is 0 Å². The van der Waals surface area contributed by atoms with Gasteiger partial charge in [-0.2, -0.15) is 0 Å². The summed E-state index contributed by atoms with van der Waals surface area (Å²) in [7, 11) is 1.80. The van der Waals surface area contributed by atoms with E-state index in [-0.39, 0.29) is 24.0 Å². The molecule has 31 heavy (non-hydrogen) atoms. The Labute approximate surface area is 180 Å². The molecule has 1 atom stereocenters. The van der Waals surface area contributed by atoms with E-state index in [0.29, 0.717) is 29.0 Å². The van der Waals surface area contributed by atoms with Crippen LogP contribution in [0.25, 0.3) is 10.9 Å². The predicted molar refractivity (Wildman–Crippen MR) is 119 cm³/mol. The number of aromatic nitrogens is 2. The first-order chi connectivity index (χ1) is 14.7. The minimum Gasteiger partial charge on any atom is -0.486 e. The van der Waals surface area contributed by atoms with E-state index >= 15 is 0 Å². The summed E-state index contributed by atoms with van der Waals surface area (Å²) in [4.78, 5) is 20.7. The Balaban J connectivity index is 2.10. The Morgan fingerprint density at radius 1 is 1.26 bits per heavy atom. The molecule has 0 saturated carbocycles. The van der Waals surface area contributed by atoms with Crippen molar-refractivity contribution in [3.8, 4) is 5.75 Å². The Kier molecular flexibility index (Phi) is 6.67. The maximum atomic E-state index is 13.8. The van der Waals surface area contributed by atoms with Crippen LogP contribution in [-0.2, 0) is 0 Å². The average molecular weight is 426 g/mol. The van der Waals surface area contributed by atoms with Crippen molar-refractivity contribution in [2.45, 2.75) is 25.5 Å². The number of hydrogen-bond acceptors (Lipinski definition) is 7. The number of halogens is 1. The number of ether oxygens (including phenoxy) is 1. The molecule has 3 aromatic rings. The average Bonchev–Trinajstić information content (AvgIpc) is 2.73. The monoisotopic (exact) mass is 426 g/mol. The quantitative estimate of drug-likeness (QED) is 0.413. The number of carbonyl (C=O) groups is 1. The topological polar surface area (TPSA) is 128 Å². The number of likely N-dealkylation sites (N-methyl/N-ethyl adjacent to an activating group) is 1. The number of carbonyl (C=O) groups excluding carboxylic acids is 1. The van der Waals surface area contributed by atoms with E-state index in [2.05, 4.69) is 20.6 Å². The summed E-state index contributed by atoms with van der Waals surface area (Å²) >= 11 is 0. The Morgan fingerprint density at radius 2 is 2.03 bits per heavy atom. The molecule has 1 aromatic heterocycles. The summed E-state index contributed by atoms with van der Waals surface area (Å²) in [6, 6.07) is 9.34. The summed E-state index contributed by atoms with van der Waals surface area (Å²) < 4.78 is 19.8. The largest absolute Gasteiger partial charge is 0.486 e. The first-order valence-corrected chi connectivity index (χ1v) is 9.88. The summed E-state index contributed by atoms with van der Waals surface area (Å²) in [5.74, 6) is -0.0789. The van der Waals surface area contributed by atoms with Crippen LogP contribution in [0, 0.1) is 5.82 Å². The van der Waals surface area contributed by atoms with Crippen molar-refractivity contribution in [3.63, 3.8) is 0 Å². The van der Waals surface area contributed by atoms with Gasteiger partial charge in [-0.05, 0) is 50.7 Å². The van der Waals surface area contributed by atoms with Gasteiger partial charge in [0.25, 0.3) is 5.91 Å². The number of rotatable bonds is 9. The highest BCUT2D eigenvalue weighted by Gasteiger charge is 2.22. The molecule has 0 saturated heterocycles. The smallest absolute Gasteiger partial charge is 0.251 e. The van der Waals surface area contributed by atoms with E-state index in [1.807, 2.05) is 19.9 Å². The number of hydrogen-bond donors (Lipinski definition) is 4. The van der Waals surface area contributed by atoms with Gasteiger partial charge in [-0.15, -0.1) is 0 Å². The fourth-order valence-corrected chi connectivity index (χ4v) is 3.21. The molecule has 0 radical (unpaired) electrons. The van der Waals surface area contributed by atoms with Crippen LogP contribution in [0.4, 0.5) is 10.2 Å². The van der Waals surface area contributed by atoms with Gasteiger partial charge >= 0.3 is 0 Å². The minimum absolute atomic E-state index is 0.210. The second kappa shape index (κ2) is 9.23. The zero-order valence-corrected chi connectivity index (χ0v) is 17.8. The summed E-state index contributed by atoms with van der Waals surface area (Å²) in [5.41, 5.74) is 12.1. The van der Waals surface area contributed by atoms with Crippen LogP contribution in [-0.4, -0.2) is 41.6 Å². The highest BCUT2D eigenvalue weighted by molar-refractivity contribution is 6.07. The van der Waals surface area contributed by atoms with E-state index in [4.69, 9.17) is 16.2 Å². The van der Waals surface area contributed by atoms with Crippen LogP contribution in [0.15, 0.2) is 42.7 Å². The lowest BCUT2D eigenvalue weighted by atomic mass is 10.0. The normalized spacial score (nSPS) is 12.5. The van der Waals surface area contributed by atoms with Crippen molar-refractivity contribution in [2.75, 3.05) is 25.5 Å². The number of primary amides is 1. The minimum atomic E-state index is -0.651. The van der Waals surface area contributed by atoms with E-state index < -0.39 is 11.5 Å². The number of benzene rings is 2. The second-order valence-electron chi connectivity index (χ2n) is 7.83. The molecule has 8 nitrogen and oxygen atoms in total. The predicted octanol–water partition coefficient (Wildman–Crippen LogP) is 2.36. The number of nitrogens with one attached hydrogen (secondary N) is 2. The highest BCUT2D eigenvalue weighted by Crippen LogP contribution is 2.31. The van der Waals surface area contributed by atoms with E-state index in [1.54, 1.807) is 25.2 Å². The molecule has 3 rings (SSSR count). The van der Waals surface area contributed by atoms with Crippen molar-refractivity contribution in [1.82, 2.24) is 15.3 Å². The molecule has 0 aliphatic carbocycles. The van der Waals surface area contributed by atoms with Gasteiger partial charge in [-0.25, -0.2) is 14.4 Å². The van der Waals surface area contributed by atoms with Crippen molar-refractivity contribution in [3.05, 3.63) is 59.7 Å². The number of amides is 1. The number of nitrogens with zero attached hydrogens (tertiary/aromatic N) is 2. The van der Waals surface area contributed by atoms with E-state index in [0.717, 1.165) is 5.56 Å². The summed E-state index contributed by atoms with van der Waals surface area (Å²) in [6.45, 7) is 4.47. The van der Waals surface area contributed by atoms with Crippen LogP contribution >= 0.6 is 0 Å². The molecule has 2 aromatic carbocycles. The van der Waals surface area contributed by atoms with Crippen molar-refractivity contribution in [1.29, 1.82) is 0 Å². The van der Waals surface area contributed by atoms with E-state index in [9.17, 15) is 9.18 Å². The van der Waals surface area contributed by atoms with Crippen molar-refractivity contribution < 1.29 is 13.9 Å². The van der Waals surface area contributed by atoms with Crippen LogP contribution in [0.1, 0.15) is 35.8 Å². The first kappa shape index (κ1) is 22.4. The number of nitrogens with two attached hydrogens (primary N) is 2. The third-order valence-corrected chi connectivity index (χ3v) is 4.83. The van der Waals surface area contributed by atoms with Crippen molar-refractivity contribution in [2.24, 2.45) is 11.5 Å². The molecule has 0 bridgehead atoms. The Morgan fingerprint density at radius 3 is 2.68 bits per heavy atom. The van der Waals surface area contributed by atoms with Crippen LogP contribution in [0.3, 0.4) is 0 Å². The molecule has 0 aliphatic rings. The van der Waals surface area contributed by atoms with Gasteiger partial charge in [-0.1, -0.05) is 12.1 Å². The van der Waals surface area contributed by atoms with E-state index in [1.165, 1.54) is 18.5 Å². The zero-order chi connectivity index (χ0) is 22.6. The second-order valence-corrected chi connectivity index (χ2v) is 7.83. The van der Waals surface area contributed by atoms with Crippen LogP contribution in [0.2, 0.25) is 0 Å². The lowest BCUT2D eigenvalue weighted by molar-refractivity contribution is 0.0996. The molecular weight excluding hydrogens is 399 g/mol. The van der Waals surface area contributed by atoms with Crippen LogP contribution < -0.4 is 26.8 Å². The lowest BCUT2D eigenvalue weighted by Crippen LogP contribution is -2.37. The fraction of sp³-hybridized carbons (Fsp3) is 0.318. The molecule has 0 fully saturated rings. The molecule has 1 unspecified atom stereocenters. The first-order valence-electron chi connectivity index (χ1n) is 9.88. The van der Waals surface area contributed by atoms with Gasteiger partial charge in [-0.3, -0.25) is 4.79 Å². The Bertz CT molecular complexity index is 1090. The fourth-order valence-electron chi connectivity index (χ4n) is 3.21. The zero-order valence-electron chi connectivity index (χ0n) is 17.8. The van der Waals surface area contributed by atoms with Gasteiger partial charge in [0.05, 0.1) is 17.1 Å². The highest BCUT2D eigenvalue weighted by atomic mass is 19.1. The maximum absolute atomic E-state index is 13.8. The standard InChI is InChI=1S/C22H27FN6O2/c1-22(2,11-24)31-15-8-16(20(25)30)19-17(9-15)21(28-12-27-19)29-18(10-26-3)13-5-4-6-14(23)7-13/h4-9,12,18,26H,10-11,24H2,1-3H3,(H2,25,30)(H,27,28,29). The van der Waals surface area contributed by atoms with Crippen LogP contribution in [0.5, 0.6) is 5.75 Å². The molecule has 6 N–H and O–H groups in total. The SMILES string of the molecule is CNCC(Nc1ncnc2c(C(N)=O)cc(OC(C)(C)CN)cc12)c1cccc(F)c1. The maximum Gasteiger partial charge on any atom is 0.251 e. The summed E-state index contributed by atoms with van der Waals surface area (Å²) in [6.07, 6.45) is 1.35. The molecule has 0 spiro atoms. The molecule has 9 heteroatoms. The summed E-state index contributed by atoms with van der Waals surface area (Å²) in [5, 5.41) is 6.97. The van der Waals surface area contributed by atoms with Gasteiger partial charge in [0.2, 0.25) is 0 Å².